The van der Waals surface area contributed by atoms with Crippen molar-refractivity contribution in [2.75, 3.05) is 5.73 Å². The third kappa shape index (κ3) is 2.83. The van der Waals surface area contributed by atoms with Gasteiger partial charge in [-0.05, 0) is 42.5 Å². The molecule has 0 spiro atoms. The number of hydrogen-bond donors (Lipinski definition) is 1. The highest BCUT2D eigenvalue weighted by Gasteiger charge is 2.13. The second-order valence-electron chi connectivity index (χ2n) is 3.05. The number of anilines is 1. The third-order valence-electron chi connectivity index (χ3n) is 1.46. The van der Waals surface area contributed by atoms with Gasteiger partial charge >= 0.3 is 5.97 Å². The molecule has 1 aromatic heterocycles. The molecule has 0 bridgehead atoms. The normalized spacial score (nSPS) is 10.3. The Morgan fingerprint density at radius 3 is 2.86 bits per heavy atom. The lowest BCUT2D eigenvalue weighted by Crippen LogP contribution is -2.13. The van der Waals surface area contributed by atoms with E-state index in [1.54, 1.807) is 19.9 Å². The summed E-state index contributed by atoms with van der Waals surface area (Å²) in [4.78, 5) is 15.4. The van der Waals surface area contributed by atoms with Crippen LogP contribution in [0.25, 0.3) is 0 Å². The summed E-state index contributed by atoms with van der Waals surface area (Å²) in [5.41, 5.74) is 6.32. The van der Waals surface area contributed by atoms with Crippen LogP contribution in [0.1, 0.15) is 24.2 Å². The monoisotopic (exact) mass is 306 g/mol. The Hall–Kier alpha value is -0.850. The van der Waals surface area contributed by atoms with Crippen molar-refractivity contribution < 1.29 is 9.53 Å². The minimum absolute atomic E-state index is 0.146. The fourth-order valence-corrected chi connectivity index (χ4v) is 1.35. The molecule has 14 heavy (non-hydrogen) atoms. The summed E-state index contributed by atoms with van der Waals surface area (Å²) in [6.45, 7) is 3.58. The molecule has 0 aliphatic heterocycles. The number of aromatic nitrogens is 1. The molecule has 0 saturated heterocycles. The third-order valence-corrected chi connectivity index (χ3v) is 2.05. The average molecular weight is 306 g/mol. The highest BCUT2D eigenvalue weighted by atomic mass is 127. The van der Waals surface area contributed by atoms with Crippen molar-refractivity contribution in [1.29, 1.82) is 0 Å². The Labute approximate surface area is 96.0 Å². The molecule has 76 valence electrons. The van der Waals surface area contributed by atoms with Crippen LogP contribution in [0, 0.1) is 3.70 Å². The number of esters is 1. The van der Waals surface area contributed by atoms with Gasteiger partial charge in [0.05, 0.1) is 23.6 Å². The van der Waals surface area contributed by atoms with E-state index in [1.165, 1.54) is 6.20 Å². The number of pyridine rings is 1. The van der Waals surface area contributed by atoms with Crippen molar-refractivity contribution in [2.24, 2.45) is 0 Å². The molecule has 0 fully saturated rings. The molecule has 1 rings (SSSR count). The zero-order chi connectivity index (χ0) is 10.7. The first-order valence-corrected chi connectivity index (χ1v) is 5.20. The minimum atomic E-state index is -0.405. The zero-order valence-electron chi connectivity index (χ0n) is 7.95. The molecule has 0 aliphatic rings. The number of carbonyl (C=O) groups is 1. The van der Waals surface area contributed by atoms with E-state index < -0.39 is 5.97 Å². The van der Waals surface area contributed by atoms with E-state index in [1.807, 2.05) is 22.6 Å². The lowest BCUT2D eigenvalue weighted by molar-refractivity contribution is 0.0379. The molecular weight excluding hydrogens is 295 g/mol. The van der Waals surface area contributed by atoms with E-state index in [0.29, 0.717) is 15.0 Å². The molecular formula is C9H11IN2O2. The zero-order valence-corrected chi connectivity index (χ0v) is 10.1. The molecule has 0 atom stereocenters. The molecule has 0 amide bonds. The van der Waals surface area contributed by atoms with Crippen molar-refractivity contribution in [3.63, 3.8) is 0 Å². The second kappa shape index (κ2) is 4.59. The van der Waals surface area contributed by atoms with Crippen LogP contribution in [0.5, 0.6) is 0 Å². The van der Waals surface area contributed by atoms with Gasteiger partial charge in [-0.1, -0.05) is 0 Å². The van der Waals surface area contributed by atoms with Gasteiger partial charge in [0.25, 0.3) is 0 Å². The topological polar surface area (TPSA) is 65.2 Å². The highest BCUT2D eigenvalue weighted by Crippen LogP contribution is 2.14. The molecule has 4 nitrogen and oxygen atoms in total. The number of rotatable bonds is 2. The van der Waals surface area contributed by atoms with Gasteiger partial charge < -0.3 is 10.5 Å². The Kier molecular flexibility index (Phi) is 3.68. The Bertz CT molecular complexity index is 353. The second-order valence-corrected chi connectivity index (χ2v) is 4.15. The number of hydrogen-bond acceptors (Lipinski definition) is 4. The predicted octanol–water partition coefficient (Wildman–Crippen LogP) is 1.83. The minimum Gasteiger partial charge on any atom is -0.459 e. The summed E-state index contributed by atoms with van der Waals surface area (Å²) < 4.78 is 5.74. The molecule has 0 aliphatic carbocycles. The van der Waals surface area contributed by atoms with Gasteiger partial charge in [0.1, 0.15) is 3.70 Å². The first kappa shape index (κ1) is 11.2. The van der Waals surface area contributed by atoms with E-state index >= 15 is 0 Å². The highest BCUT2D eigenvalue weighted by molar-refractivity contribution is 14.1. The maximum Gasteiger partial charge on any atom is 0.340 e. The lowest BCUT2D eigenvalue weighted by Gasteiger charge is -2.09. The first-order chi connectivity index (χ1) is 6.50. The summed E-state index contributed by atoms with van der Waals surface area (Å²) in [5.74, 6) is -0.405. The fraction of sp³-hybridized carbons (Fsp3) is 0.333. The van der Waals surface area contributed by atoms with Crippen LogP contribution in [-0.4, -0.2) is 17.1 Å². The molecule has 0 radical (unpaired) electrons. The van der Waals surface area contributed by atoms with Crippen LogP contribution in [0.3, 0.4) is 0 Å². The Morgan fingerprint density at radius 1 is 1.64 bits per heavy atom. The van der Waals surface area contributed by atoms with Crippen LogP contribution in [0.2, 0.25) is 0 Å². The summed E-state index contributed by atoms with van der Waals surface area (Å²) in [7, 11) is 0. The molecule has 1 aromatic rings. The van der Waals surface area contributed by atoms with Crippen molar-refractivity contribution >= 4 is 34.2 Å². The number of nitrogens with two attached hydrogens (primary N) is 1. The standard InChI is InChI=1S/C9H11IN2O2/c1-5(2)14-9(13)6-3-8(10)12-4-7(6)11/h3-5H,11H2,1-2H3. The molecule has 5 heteroatoms. The fourth-order valence-electron chi connectivity index (χ4n) is 0.895. The number of carbonyl (C=O) groups excluding carboxylic acids is 1. The molecule has 2 N–H and O–H groups in total. The molecule has 0 aromatic carbocycles. The van der Waals surface area contributed by atoms with Crippen molar-refractivity contribution in [2.45, 2.75) is 20.0 Å². The molecule has 0 unspecified atom stereocenters. The van der Waals surface area contributed by atoms with Crippen molar-refractivity contribution in [3.8, 4) is 0 Å². The van der Waals surface area contributed by atoms with E-state index in [2.05, 4.69) is 4.98 Å². The van der Waals surface area contributed by atoms with Crippen LogP contribution >= 0.6 is 22.6 Å². The number of ether oxygens (including phenoxy) is 1. The maximum atomic E-state index is 11.5. The van der Waals surface area contributed by atoms with Gasteiger partial charge in [-0.25, -0.2) is 9.78 Å². The maximum absolute atomic E-state index is 11.5. The van der Waals surface area contributed by atoms with Gasteiger partial charge in [0.2, 0.25) is 0 Å². The van der Waals surface area contributed by atoms with Gasteiger partial charge in [0, 0.05) is 0 Å². The predicted molar refractivity (Wildman–Crippen MR) is 61.9 cm³/mol. The molecule has 0 saturated carbocycles. The van der Waals surface area contributed by atoms with E-state index in [9.17, 15) is 4.79 Å². The van der Waals surface area contributed by atoms with Gasteiger partial charge in [-0.3, -0.25) is 0 Å². The summed E-state index contributed by atoms with van der Waals surface area (Å²) in [5, 5.41) is 0. The first-order valence-electron chi connectivity index (χ1n) is 4.12. The van der Waals surface area contributed by atoms with E-state index in [4.69, 9.17) is 10.5 Å². The summed E-state index contributed by atoms with van der Waals surface area (Å²) >= 11 is 2.01. The number of halogens is 1. The van der Waals surface area contributed by atoms with Gasteiger partial charge in [-0.15, -0.1) is 0 Å². The smallest absolute Gasteiger partial charge is 0.340 e. The van der Waals surface area contributed by atoms with E-state index in [0.717, 1.165) is 0 Å². The summed E-state index contributed by atoms with van der Waals surface area (Å²) in [6, 6.07) is 1.61. The van der Waals surface area contributed by atoms with E-state index in [-0.39, 0.29) is 6.10 Å². The lowest BCUT2D eigenvalue weighted by atomic mass is 10.2. The van der Waals surface area contributed by atoms with Gasteiger partial charge in [-0.2, -0.15) is 0 Å². The van der Waals surface area contributed by atoms with Crippen LogP contribution in [0.15, 0.2) is 12.3 Å². The number of nitrogen functional groups attached to an aromatic ring is 1. The number of nitrogens with zero attached hydrogens (tertiary/aromatic N) is 1. The SMILES string of the molecule is CC(C)OC(=O)c1cc(I)ncc1N. The summed E-state index contributed by atoms with van der Waals surface area (Å²) in [6.07, 6.45) is 1.31. The van der Waals surface area contributed by atoms with Crippen LogP contribution in [-0.2, 0) is 4.74 Å². The van der Waals surface area contributed by atoms with Crippen LogP contribution < -0.4 is 5.73 Å². The average Bonchev–Trinajstić information content (AvgIpc) is 2.08. The van der Waals surface area contributed by atoms with Crippen molar-refractivity contribution in [1.82, 2.24) is 4.98 Å². The van der Waals surface area contributed by atoms with Crippen molar-refractivity contribution in [3.05, 3.63) is 21.5 Å². The molecule has 1 heterocycles. The Morgan fingerprint density at radius 2 is 2.29 bits per heavy atom. The Balaban J connectivity index is 2.94. The quantitative estimate of drug-likeness (QED) is 0.514. The largest absolute Gasteiger partial charge is 0.459 e. The van der Waals surface area contributed by atoms with Gasteiger partial charge in [0.15, 0.2) is 0 Å². The van der Waals surface area contributed by atoms with Crippen LogP contribution in [0.4, 0.5) is 5.69 Å².